The Hall–Kier alpha value is -0.990. The fourth-order valence-corrected chi connectivity index (χ4v) is 1.86. The van der Waals surface area contributed by atoms with Crippen molar-refractivity contribution in [2.75, 3.05) is 13.1 Å². The van der Waals surface area contributed by atoms with Crippen LogP contribution in [0.3, 0.4) is 0 Å². The van der Waals surface area contributed by atoms with E-state index in [0.29, 0.717) is 0 Å². The molecule has 1 rings (SSSR count). The Labute approximate surface area is 85.4 Å². The molecule has 0 aromatic carbocycles. The monoisotopic (exact) mass is 197 g/mol. The maximum absolute atomic E-state index is 10.7. The van der Waals surface area contributed by atoms with Gasteiger partial charge in [-0.25, -0.2) is 4.79 Å². The molecule has 14 heavy (non-hydrogen) atoms. The number of hydrogen-bond donors (Lipinski definition) is 1. The summed E-state index contributed by atoms with van der Waals surface area (Å²) in [6, 6.07) is 0. The predicted octanol–water partition coefficient (Wildman–Crippen LogP) is 2.10. The van der Waals surface area contributed by atoms with Crippen LogP contribution in [0.25, 0.3) is 0 Å². The van der Waals surface area contributed by atoms with Gasteiger partial charge in [-0.15, -0.1) is 0 Å². The molecule has 0 saturated carbocycles. The molecule has 0 amide bonds. The van der Waals surface area contributed by atoms with Gasteiger partial charge in [-0.1, -0.05) is 20.8 Å². The van der Waals surface area contributed by atoms with Crippen LogP contribution in [0.1, 0.15) is 33.6 Å². The number of carboxylic acid groups (broad SMARTS) is 1. The molecule has 0 atom stereocenters. The van der Waals surface area contributed by atoms with E-state index < -0.39 is 5.97 Å². The first kappa shape index (κ1) is 11.1. The molecule has 1 N–H and O–H groups in total. The first-order valence-corrected chi connectivity index (χ1v) is 5.11. The van der Waals surface area contributed by atoms with Crippen molar-refractivity contribution in [1.29, 1.82) is 0 Å². The van der Waals surface area contributed by atoms with Crippen LogP contribution in [-0.4, -0.2) is 29.1 Å². The summed E-state index contributed by atoms with van der Waals surface area (Å²) in [6.45, 7) is 8.16. The van der Waals surface area contributed by atoms with Gasteiger partial charge in [0.1, 0.15) is 0 Å². The van der Waals surface area contributed by atoms with Gasteiger partial charge >= 0.3 is 5.97 Å². The fourth-order valence-electron chi connectivity index (χ4n) is 1.86. The van der Waals surface area contributed by atoms with Gasteiger partial charge in [-0.3, -0.25) is 0 Å². The zero-order valence-corrected chi connectivity index (χ0v) is 9.21. The third-order valence-electron chi connectivity index (χ3n) is 2.48. The molecule has 3 nitrogen and oxygen atoms in total. The van der Waals surface area contributed by atoms with Crippen LogP contribution in [0.4, 0.5) is 0 Å². The van der Waals surface area contributed by atoms with E-state index in [4.69, 9.17) is 5.11 Å². The van der Waals surface area contributed by atoms with E-state index in [1.165, 1.54) is 18.9 Å². The average Bonchev–Trinajstić information content (AvgIpc) is 2.49. The van der Waals surface area contributed by atoms with Crippen molar-refractivity contribution in [3.05, 3.63) is 11.8 Å². The van der Waals surface area contributed by atoms with E-state index in [9.17, 15) is 4.79 Å². The lowest BCUT2D eigenvalue weighted by Crippen LogP contribution is -2.28. The van der Waals surface area contributed by atoms with Gasteiger partial charge < -0.3 is 10.0 Å². The highest BCUT2D eigenvalue weighted by atomic mass is 16.4. The van der Waals surface area contributed by atoms with E-state index in [1.54, 1.807) is 0 Å². The molecule has 0 bridgehead atoms. The van der Waals surface area contributed by atoms with Crippen LogP contribution >= 0.6 is 0 Å². The van der Waals surface area contributed by atoms with Crippen molar-refractivity contribution in [3.63, 3.8) is 0 Å². The molecule has 0 radical (unpaired) electrons. The second kappa shape index (κ2) is 4.03. The Kier molecular flexibility index (Phi) is 3.19. The van der Waals surface area contributed by atoms with Gasteiger partial charge in [0.05, 0.1) is 0 Å². The number of hydrogen-bond acceptors (Lipinski definition) is 2. The molecule has 0 aliphatic carbocycles. The van der Waals surface area contributed by atoms with E-state index in [2.05, 4.69) is 25.7 Å². The number of allylic oxidation sites excluding steroid dienone is 1. The second-order valence-corrected chi connectivity index (χ2v) is 4.81. The lowest BCUT2D eigenvalue weighted by Gasteiger charge is -2.31. The number of rotatable bonds is 2. The summed E-state index contributed by atoms with van der Waals surface area (Å²) in [5, 5.41) is 8.80. The highest BCUT2D eigenvalue weighted by molar-refractivity contribution is 5.80. The molecule has 3 heteroatoms. The fraction of sp³-hybridized carbons (Fsp3) is 0.727. The van der Waals surface area contributed by atoms with Crippen LogP contribution in [0.2, 0.25) is 0 Å². The minimum Gasteiger partial charge on any atom is -0.478 e. The number of likely N-dealkylation sites (tertiary alicyclic amines) is 1. The minimum absolute atomic E-state index is 0.0806. The largest absolute Gasteiger partial charge is 0.478 e. The van der Waals surface area contributed by atoms with Gasteiger partial charge in [-0.2, -0.15) is 0 Å². The Balaban J connectivity index is 2.86. The van der Waals surface area contributed by atoms with Crippen molar-refractivity contribution in [2.24, 2.45) is 5.41 Å². The Morgan fingerprint density at radius 3 is 2.14 bits per heavy atom. The van der Waals surface area contributed by atoms with E-state index in [-0.39, 0.29) is 5.41 Å². The first-order chi connectivity index (χ1) is 6.41. The normalized spacial score (nSPS) is 18.8. The van der Waals surface area contributed by atoms with Crippen LogP contribution in [-0.2, 0) is 4.79 Å². The van der Waals surface area contributed by atoms with Gasteiger partial charge in [0.15, 0.2) is 0 Å². The highest BCUT2D eigenvalue weighted by Crippen LogP contribution is 2.30. The van der Waals surface area contributed by atoms with Crippen LogP contribution in [0.5, 0.6) is 0 Å². The van der Waals surface area contributed by atoms with Crippen molar-refractivity contribution in [1.82, 2.24) is 4.90 Å². The van der Waals surface area contributed by atoms with Crippen molar-refractivity contribution >= 4 is 5.97 Å². The smallest absolute Gasteiger partial charge is 0.330 e. The summed E-state index contributed by atoms with van der Waals surface area (Å²) in [5.74, 6) is -0.846. The molecule has 1 fully saturated rings. The summed E-state index contributed by atoms with van der Waals surface area (Å²) in [7, 11) is 0. The van der Waals surface area contributed by atoms with Crippen LogP contribution < -0.4 is 0 Å². The number of carboxylic acids is 1. The molecule has 0 spiro atoms. The maximum atomic E-state index is 10.7. The quantitative estimate of drug-likeness (QED) is 0.689. The molecule has 0 aromatic rings. The minimum atomic E-state index is -0.846. The SMILES string of the molecule is CC(C)(C)/C(=C\C(=O)O)N1CCCC1. The molecule has 1 saturated heterocycles. The van der Waals surface area contributed by atoms with Gasteiger partial charge in [0.25, 0.3) is 0 Å². The summed E-state index contributed by atoms with van der Waals surface area (Å²) in [5.41, 5.74) is 0.866. The lowest BCUT2D eigenvalue weighted by atomic mass is 9.90. The molecule has 1 heterocycles. The van der Waals surface area contributed by atoms with Crippen LogP contribution in [0.15, 0.2) is 11.8 Å². The molecule has 0 aromatic heterocycles. The Bertz CT molecular complexity index is 245. The summed E-state index contributed by atoms with van der Waals surface area (Å²) >= 11 is 0. The highest BCUT2D eigenvalue weighted by Gasteiger charge is 2.25. The third-order valence-corrected chi connectivity index (χ3v) is 2.48. The van der Waals surface area contributed by atoms with Gasteiger partial charge in [0.2, 0.25) is 0 Å². The molecule has 80 valence electrons. The van der Waals surface area contributed by atoms with Crippen molar-refractivity contribution < 1.29 is 9.90 Å². The van der Waals surface area contributed by atoms with Crippen molar-refractivity contribution in [2.45, 2.75) is 33.6 Å². The van der Waals surface area contributed by atoms with Crippen LogP contribution in [0, 0.1) is 5.41 Å². The molecule has 0 unspecified atom stereocenters. The molecule has 1 aliphatic heterocycles. The van der Waals surface area contributed by atoms with Gasteiger partial charge in [0, 0.05) is 30.3 Å². The predicted molar refractivity (Wildman–Crippen MR) is 56.0 cm³/mol. The average molecular weight is 197 g/mol. The maximum Gasteiger partial charge on any atom is 0.330 e. The zero-order valence-electron chi connectivity index (χ0n) is 9.21. The van der Waals surface area contributed by atoms with E-state index >= 15 is 0 Å². The number of nitrogens with zero attached hydrogens (tertiary/aromatic N) is 1. The zero-order chi connectivity index (χ0) is 10.8. The molecular formula is C11H19NO2. The Morgan fingerprint density at radius 2 is 1.79 bits per heavy atom. The van der Waals surface area contributed by atoms with Crippen molar-refractivity contribution in [3.8, 4) is 0 Å². The topological polar surface area (TPSA) is 40.5 Å². The first-order valence-electron chi connectivity index (χ1n) is 5.11. The molecule has 1 aliphatic rings. The second-order valence-electron chi connectivity index (χ2n) is 4.81. The number of carbonyl (C=O) groups is 1. The Morgan fingerprint density at radius 1 is 1.29 bits per heavy atom. The number of aliphatic carboxylic acids is 1. The van der Waals surface area contributed by atoms with E-state index in [1.807, 2.05) is 0 Å². The molecular weight excluding hydrogens is 178 g/mol. The third kappa shape index (κ3) is 2.76. The lowest BCUT2D eigenvalue weighted by molar-refractivity contribution is -0.131. The van der Waals surface area contributed by atoms with E-state index in [0.717, 1.165) is 18.8 Å². The summed E-state index contributed by atoms with van der Waals surface area (Å²) < 4.78 is 0. The summed E-state index contributed by atoms with van der Waals surface area (Å²) in [4.78, 5) is 12.9. The standard InChI is InChI=1S/C11H19NO2/c1-11(2,3)9(8-10(13)14)12-6-4-5-7-12/h8H,4-7H2,1-3H3,(H,13,14)/b9-8+. The summed E-state index contributed by atoms with van der Waals surface area (Å²) in [6.07, 6.45) is 3.70. The van der Waals surface area contributed by atoms with Gasteiger partial charge in [-0.05, 0) is 12.8 Å².